The van der Waals surface area contributed by atoms with Gasteiger partial charge in [0.25, 0.3) is 0 Å². The number of hydrogen-bond acceptors (Lipinski definition) is 8. The number of hydrogen-bond donors (Lipinski definition) is 0. The SMILES string of the molecule is [2H]C1([2H])OC([2H])([2H])C([2H])([2H])N(CC2CN(/N=C/c3ccc([N+](=O)[O-])o3)C(=O)O2)C1([2H])[2H]. The normalized spacial score (nSPS) is 36.6. The largest absolute Gasteiger partial charge is 0.441 e. The van der Waals surface area contributed by atoms with Crippen molar-refractivity contribution < 1.29 is 34.6 Å². The van der Waals surface area contributed by atoms with Gasteiger partial charge in [-0.25, -0.2) is 4.79 Å². The van der Waals surface area contributed by atoms with Gasteiger partial charge in [0.2, 0.25) is 0 Å². The average Bonchev–Trinajstić information content (AvgIpc) is 3.22. The van der Waals surface area contributed by atoms with Gasteiger partial charge in [0.1, 0.15) is 11.0 Å². The second-order valence-corrected chi connectivity index (χ2v) is 4.41. The van der Waals surface area contributed by atoms with Crippen LogP contribution in [0.15, 0.2) is 21.7 Å². The van der Waals surface area contributed by atoms with Gasteiger partial charge >= 0.3 is 12.0 Å². The van der Waals surface area contributed by atoms with E-state index >= 15 is 0 Å². The third-order valence-corrected chi connectivity index (χ3v) is 2.82. The Morgan fingerprint density at radius 1 is 1.48 bits per heavy atom. The third kappa shape index (κ3) is 3.85. The number of carbonyl (C=O) groups excluding carboxylic acids is 1. The molecule has 23 heavy (non-hydrogen) atoms. The number of carbonyl (C=O) groups is 1. The number of cyclic esters (lactones) is 1. The maximum absolute atomic E-state index is 12.0. The summed E-state index contributed by atoms with van der Waals surface area (Å²) in [6, 6.07) is 2.32. The van der Waals surface area contributed by atoms with Crippen molar-refractivity contribution in [1.29, 1.82) is 0 Å². The molecule has 0 radical (unpaired) electrons. The van der Waals surface area contributed by atoms with Crippen molar-refractivity contribution in [3.8, 4) is 0 Å². The molecule has 0 spiro atoms. The molecule has 10 heteroatoms. The monoisotopic (exact) mass is 332 g/mol. The maximum atomic E-state index is 12.0. The van der Waals surface area contributed by atoms with E-state index < -0.39 is 55.7 Å². The molecule has 0 aromatic carbocycles. The first-order valence-corrected chi connectivity index (χ1v) is 6.33. The lowest BCUT2D eigenvalue weighted by molar-refractivity contribution is -0.402. The van der Waals surface area contributed by atoms with Gasteiger partial charge in [-0.3, -0.25) is 15.0 Å². The highest BCUT2D eigenvalue weighted by atomic mass is 16.6. The van der Waals surface area contributed by atoms with Crippen molar-refractivity contribution in [3.05, 3.63) is 28.0 Å². The number of rotatable bonds is 5. The molecule has 0 N–H and O–H groups in total. The Balaban J connectivity index is 1.75. The topological polar surface area (TPSA) is 111 Å². The molecule has 3 rings (SSSR count). The van der Waals surface area contributed by atoms with E-state index in [4.69, 9.17) is 20.1 Å². The summed E-state index contributed by atoms with van der Waals surface area (Å²) in [7, 11) is 0. The summed E-state index contributed by atoms with van der Waals surface area (Å²) in [6.45, 7) is -13.7. The molecule has 2 aliphatic heterocycles. The Labute approximate surface area is 142 Å². The molecule has 2 aliphatic rings. The van der Waals surface area contributed by atoms with Crippen LogP contribution in [-0.4, -0.2) is 72.4 Å². The van der Waals surface area contributed by atoms with Gasteiger partial charge < -0.3 is 13.9 Å². The highest BCUT2D eigenvalue weighted by molar-refractivity contribution is 5.78. The van der Waals surface area contributed by atoms with Crippen LogP contribution in [0.25, 0.3) is 0 Å². The Morgan fingerprint density at radius 3 is 2.96 bits per heavy atom. The molecule has 1 aromatic rings. The van der Waals surface area contributed by atoms with Gasteiger partial charge in [0, 0.05) is 25.0 Å². The first-order valence-electron chi connectivity index (χ1n) is 10.3. The lowest BCUT2D eigenvalue weighted by Crippen LogP contribution is -2.41. The van der Waals surface area contributed by atoms with E-state index in [0.29, 0.717) is 0 Å². The molecule has 1 amide bonds. The maximum Gasteiger partial charge on any atom is 0.433 e. The van der Waals surface area contributed by atoms with Crippen LogP contribution >= 0.6 is 0 Å². The molecule has 10 nitrogen and oxygen atoms in total. The van der Waals surface area contributed by atoms with Crippen LogP contribution in [0.1, 0.15) is 16.7 Å². The highest BCUT2D eigenvalue weighted by Crippen LogP contribution is 2.16. The number of nitrogens with zero attached hydrogens (tertiary/aromatic N) is 4. The molecular formula is C13H16N4O6. The molecule has 0 saturated carbocycles. The zero-order valence-electron chi connectivity index (χ0n) is 19.5. The number of amides is 1. The first-order chi connectivity index (χ1) is 14.1. The van der Waals surface area contributed by atoms with Crippen LogP contribution in [0.5, 0.6) is 0 Å². The summed E-state index contributed by atoms with van der Waals surface area (Å²) in [6.07, 6.45) is -1.20. The average molecular weight is 332 g/mol. The van der Waals surface area contributed by atoms with Gasteiger partial charge in [-0.2, -0.15) is 10.1 Å². The van der Waals surface area contributed by atoms with Crippen LogP contribution in [0.2, 0.25) is 0 Å². The minimum absolute atomic E-state index is 0.0369. The van der Waals surface area contributed by atoms with Crippen LogP contribution in [0, 0.1) is 10.1 Å². The predicted octanol–water partition coefficient (Wildman–Crippen LogP) is 0.675. The second kappa shape index (κ2) is 6.75. The van der Waals surface area contributed by atoms with E-state index in [2.05, 4.69) is 9.84 Å². The van der Waals surface area contributed by atoms with E-state index in [9.17, 15) is 14.9 Å². The van der Waals surface area contributed by atoms with E-state index in [0.717, 1.165) is 17.3 Å². The molecule has 1 atom stereocenters. The second-order valence-electron chi connectivity index (χ2n) is 4.41. The van der Waals surface area contributed by atoms with Crippen LogP contribution in [-0.2, 0) is 9.47 Å². The Bertz CT molecular complexity index is 896. The molecule has 0 bridgehead atoms. The smallest absolute Gasteiger partial charge is 0.433 e. The fourth-order valence-electron chi connectivity index (χ4n) is 1.84. The van der Waals surface area contributed by atoms with E-state index in [1.165, 1.54) is 6.07 Å². The fourth-order valence-corrected chi connectivity index (χ4v) is 1.84. The molecule has 0 aliphatic carbocycles. The zero-order chi connectivity index (χ0) is 23.4. The van der Waals surface area contributed by atoms with Crippen molar-refractivity contribution in [1.82, 2.24) is 9.91 Å². The molecule has 3 heterocycles. The highest BCUT2D eigenvalue weighted by Gasteiger charge is 2.32. The molecule has 1 unspecified atom stereocenters. The Hall–Kier alpha value is -2.46. The minimum Gasteiger partial charge on any atom is -0.441 e. The van der Waals surface area contributed by atoms with E-state index in [1.54, 1.807) is 0 Å². The molecule has 2 saturated heterocycles. The van der Waals surface area contributed by atoms with Crippen molar-refractivity contribution in [2.24, 2.45) is 5.10 Å². The number of nitro groups is 1. The molecule has 124 valence electrons. The third-order valence-electron chi connectivity index (χ3n) is 2.82. The molecule has 2 fully saturated rings. The van der Waals surface area contributed by atoms with Crippen molar-refractivity contribution >= 4 is 18.2 Å². The molecular weight excluding hydrogens is 308 g/mol. The van der Waals surface area contributed by atoms with E-state index in [-0.39, 0.29) is 17.2 Å². The van der Waals surface area contributed by atoms with Crippen LogP contribution in [0.3, 0.4) is 0 Å². The summed E-state index contributed by atoms with van der Waals surface area (Å²) >= 11 is 0. The van der Waals surface area contributed by atoms with Gasteiger partial charge in [0.15, 0.2) is 5.76 Å². The lowest BCUT2D eigenvalue weighted by Gasteiger charge is -2.27. The summed E-state index contributed by atoms with van der Waals surface area (Å²) in [4.78, 5) is 22.1. The van der Waals surface area contributed by atoms with Gasteiger partial charge in [-0.1, -0.05) is 0 Å². The van der Waals surface area contributed by atoms with Crippen molar-refractivity contribution in [2.75, 3.05) is 39.2 Å². The van der Waals surface area contributed by atoms with Crippen molar-refractivity contribution in [2.45, 2.75) is 6.10 Å². The fraction of sp³-hybridized carbons (Fsp3) is 0.538. The Kier molecular flexibility index (Phi) is 2.47. The minimum atomic E-state index is -3.21. The lowest BCUT2D eigenvalue weighted by atomic mass is 10.3. The Morgan fingerprint density at radius 2 is 2.26 bits per heavy atom. The van der Waals surface area contributed by atoms with Gasteiger partial charge in [-0.15, -0.1) is 0 Å². The number of hydrazone groups is 1. The number of ether oxygens (including phenoxy) is 2. The summed E-state index contributed by atoms with van der Waals surface area (Å²) < 4.78 is 76.7. The first kappa shape index (κ1) is 8.41. The van der Waals surface area contributed by atoms with Gasteiger partial charge in [0.05, 0.1) is 37.4 Å². The van der Waals surface area contributed by atoms with Crippen molar-refractivity contribution in [3.63, 3.8) is 0 Å². The van der Waals surface area contributed by atoms with Crippen LogP contribution < -0.4 is 0 Å². The van der Waals surface area contributed by atoms with Crippen LogP contribution in [0.4, 0.5) is 10.7 Å². The predicted molar refractivity (Wildman–Crippen MR) is 77.2 cm³/mol. The summed E-state index contributed by atoms with van der Waals surface area (Å²) in [5, 5.41) is 15.1. The summed E-state index contributed by atoms with van der Waals surface area (Å²) in [5.74, 6) is -0.575. The van der Waals surface area contributed by atoms with Gasteiger partial charge in [-0.05, 0) is 6.07 Å². The molecule has 1 aromatic heterocycles. The number of furan rings is 1. The quantitative estimate of drug-likeness (QED) is 0.443. The zero-order valence-corrected chi connectivity index (χ0v) is 11.5. The summed E-state index contributed by atoms with van der Waals surface area (Å²) in [5.41, 5.74) is 0. The van der Waals surface area contributed by atoms with E-state index in [1.807, 2.05) is 0 Å². The number of morpholine rings is 1. The standard InChI is InChI=1S/C13H16N4O6/c18-13-16(14-7-10-1-2-12(22-10)17(19)20)9-11(23-13)8-15-3-5-21-6-4-15/h1-2,7,11H,3-6,8-9H2/b14-7+/i3D2,4D2,5D2,6D2.